The number of ether oxygens (including phenoxy) is 1. The van der Waals surface area contributed by atoms with Gasteiger partial charge in [-0.3, -0.25) is 9.69 Å². The highest BCUT2D eigenvalue weighted by Crippen LogP contribution is 2.47. The van der Waals surface area contributed by atoms with Gasteiger partial charge in [0.1, 0.15) is 11.5 Å². The van der Waals surface area contributed by atoms with Crippen molar-refractivity contribution in [2.75, 3.05) is 12.0 Å². The Morgan fingerprint density at radius 2 is 1.91 bits per heavy atom. The van der Waals surface area contributed by atoms with Gasteiger partial charge >= 0.3 is 6.09 Å². The van der Waals surface area contributed by atoms with Gasteiger partial charge in [-0.1, -0.05) is 0 Å². The first kappa shape index (κ1) is 17.3. The van der Waals surface area contributed by atoms with Crippen molar-refractivity contribution in [1.82, 2.24) is 0 Å². The Bertz CT molecular complexity index is 614. The lowest BCUT2D eigenvalue weighted by atomic mass is 9.88. The molecule has 0 heterocycles. The number of carbonyl (C=O) groups excluding carboxylic acids is 1. The van der Waals surface area contributed by atoms with E-state index in [4.69, 9.17) is 4.74 Å². The summed E-state index contributed by atoms with van der Waals surface area (Å²) in [6.45, 7) is 7.10. The van der Waals surface area contributed by atoms with Crippen molar-refractivity contribution >= 4 is 17.6 Å². The minimum Gasteiger partial charge on any atom is -0.497 e. The monoisotopic (exact) mass is 319 g/mol. The molecule has 23 heavy (non-hydrogen) atoms. The fourth-order valence-electron chi connectivity index (χ4n) is 3.10. The van der Waals surface area contributed by atoms with E-state index in [0.717, 1.165) is 18.4 Å². The summed E-state index contributed by atoms with van der Waals surface area (Å²) in [6, 6.07) is 5.29. The third-order valence-corrected chi connectivity index (χ3v) is 4.20. The summed E-state index contributed by atoms with van der Waals surface area (Å²) in [4.78, 5) is 25.4. The third-order valence-electron chi connectivity index (χ3n) is 4.20. The van der Waals surface area contributed by atoms with Crippen LogP contribution in [-0.4, -0.2) is 29.6 Å². The highest BCUT2D eigenvalue weighted by Gasteiger charge is 2.39. The van der Waals surface area contributed by atoms with Gasteiger partial charge in [-0.2, -0.15) is 0 Å². The number of amides is 1. The second-order valence-electron chi connectivity index (χ2n) is 7.14. The van der Waals surface area contributed by atoms with Gasteiger partial charge < -0.3 is 9.84 Å². The van der Waals surface area contributed by atoms with Crippen LogP contribution >= 0.6 is 0 Å². The molecule has 1 aliphatic rings. The van der Waals surface area contributed by atoms with Crippen LogP contribution in [-0.2, 0) is 4.79 Å². The van der Waals surface area contributed by atoms with E-state index in [9.17, 15) is 14.7 Å². The molecule has 1 aliphatic carbocycles. The smallest absolute Gasteiger partial charge is 0.412 e. The molecule has 1 aromatic carbocycles. The van der Waals surface area contributed by atoms with E-state index in [1.165, 1.54) is 4.90 Å². The van der Waals surface area contributed by atoms with E-state index in [0.29, 0.717) is 17.4 Å². The van der Waals surface area contributed by atoms with E-state index in [1.54, 1.807) is 32.2 Å². The lowest BCUT2D eigenvalue weighted by Crippen LogP contribution is -2.46. The molecule has 1 aromatic rings. The zero-order valence-corrected chi connectivity index (χ0v) is 14.4. The van der Waals surface area contributed by atoms with Crippen molar-refractivity contribution < 1.29 is 19.4 Å². The molecule has 1 saturated carbocycles. The lowest BCUT2D eigenvalue weighted by Gasteiger charge is -2.35. The minimum atomic E-state index is -1.03. The van der Waals surface area contributed by atoms with Crippen molar-refractivity contribution in [3.8, 4) is 5.75 Å². The highest BCUT2D eigenvalue weighted by molar-refractivity contribution is 5.92. The topological polar surface area (TPSA) is 66.8 Å². The van der Waals surface area contributed by atoms with Gasteiger partial charge in [0, 0.05) is 11.5 Å². The average molecular weight is 319 g/mol. The Morgan fingerprint density at radius 3 is 2.30 bits per heavy atom. The van der Waals surface area contributed by atoms with Gasteiger partial charge in [0.15, 0.2) is 0 Å². The Hall–Kier alpha value is -2.04. The number of Topliss-reactive ketones (excluding diaryl/α,β-unsaturated/α-hetero) is 1. The number of hydrogen-bond donors (Lipinski definition) is 1. The number of ketones is 1. The van der Waals surface area contributed by atoms with Crippen LogP contribution < -0.4 is 9.64 Å². The minimum absolute atomic E-state index is 0.0706. The molecular formula is C18H25NO4. The van der Waals surface area contributed by atoms with Crippen LogP contribution in [0.4, 0.5) is 10.5 Å². The summed E-state index contributed by atoms with van der Waals surface area (Å²) >= 11 is 0. The summed E-state index contributed by atoms with van der Waals surface area (Å²) < 4.78 is 5.29. The Labute approximate surface area is 137 Å². The highest BCUT2D eigenvalue weighted by atomic mass is 16.5. The SMILES string of the molecule is COc1ccc(N(C(=O)O)C(C)(C)C)c(C(C(C)=O)C2CC2)c1. The molecule has 1 atom stereocenters. The maximum Gasteiger partial charge on any atom is 0.412 e. The van der Waals surface area contributed by atoms with Crippen LogP contribution in [0.15, 0.2) is 18.2 Å². The molecule has 0 spiro atoms. The second kappa shape index (κ2) is 6.22. The molecule has 0 saturated heterocycles. The molecule has 126 valence electrons. The van der Waals surface area contributed by atoms with Crippen LogP contribution in [0, 0.1) is 5.92 Å². The molecule has 1 N–H and O–H groups in total. The van der Waals surface area contributed by atoms with Crippen LogP contribution in [0.3, 0.4) is 0 Å². The van der Waals surface area contributed by atoms with E-state index in [2.05, 4.69) is 0 Å². The van der Waals surface area contributed by atoms with Crippen molar-refractivity contribution in [1.29, 1.82) is 0 Å². The summed E-state index contributed by atoms with van der Waals surface area (Å²) in [5.41, 5.74) is 0.703. The number of hydrogen-bond acceptors (Lipinski definition) is 3. The third kappa shape index (κ3) is 3.66. The molecule has 2 rings (SSSR count). The summed E-state index contributed by atoms with van der Waals surface area (Å²) in [5, 5.41) is 9.70. The predicted octanol–water partition coefficient (Wildman–Crippen LogP) is 4.06. The number of carboxylic acid groups (broad SMARTS) is 1. The maximum absolute atomic E-state index is 12.2. The van der Waals surface area contributed by atoms with Crippen LogP contribution in [0.2, 0.25) is 0 Å². The van der Waals surface area contributed by atoms with Crippen molar-refractivity contribution in [2.45, 2.75) is 52.0 Å². The van der Waals surface area contributed by atoms with Crippen LogP contribution in [0.5, 0.6) is 5.75 Å². The lowest BCUT2D eigenvalue weighted by molar-refractivity contribution is -0.118. The first-order valence-corrected chi connectivity index (χ1v) is 7.88. The predicted molar refractivity (Wildman–Crippen MR) is 89.4 cm³/mol. The first-order valence-electron chi connectivity index (χ1n) is 7.88. The summed E-state index contributed by atoms with van der Waals surface area (Å²) in [5.74, 6) is 0.731. The average Bonchev–Trinajstić information content (AvgIpc) is 3.22. The zero-order chi connectivity index (χ0) is 17.4. The normalized spacial score (nSPS) is 15.9. The van der Waals surface area contributed by atoms with Gasteiger partial charge in [-0.25, -0.2) is 4.79 Å². The number of rotatable bonds is 5. The largest absolute Gasteiger partial charge is 0.497 e. The molecule has 1 fully saturated rings. The molecular weight excluding hydrogens is 294 g/mol. The number of nitrogens with zero attached hydrogens (tertiary/aromatic N) is 1. The molecule has 0 radical (unpaired) electrons. The molecule has 0 aliphatic heterocycles. The molecule has 0 bridgehead atoms. The number of carbonyl (C=O) groups is 2. The van der Waals surface area contributed by atoms with E-state index < -0.39 is 11.6 Å². The van der Waals surface area contributed by atoms with Crippen molar-refractivity contribution in [2.24, 2.45) is 5.92 Å². The second-order valence-corrected chi connectivity index (χ2v) is 7.14. The molecule has 1 amide bonds. The standard InChI is InChI=1S/C18H25NO4/c1-11(20)16(12-6-7-12)14-10-13(23-5)8-9-15(14)19(17(21)22)18(2,3)4/h8-10,12,16H,6-7H2,1-5H3,(H,21,22). The number of benzene rings is 1. The van der Waals surface area contributed by atoms with Gasteiger partial charge in [0.25, 0.3) is 0 Å². The zero-order valence-electron chi connectivity index (χ0n) is 14.4. The summed E-state index contributed by atoms with van der Waals surface area (Å²) in [6.07, 6.45) is 0.981. The van der Waals surface area contributed by atoms with Crippen LogP contribution in [0.25, 0.3) is 0 Å². The molecule has 1 unspecified atom stereocenters. The Kier molecular flexibility index (Phi) is 4.68. The van der Waals surface area contributed by atoms with Crippen molar-refractivity contribution in [3.63, 3.8) is 0 Å². The fraction of sp³-hybridized carbons (Fsp3) is 0.556. The molecule has 0 aromatic heterocycles. The van der Waals surface area contributed by atoms with Gasteiger partial charge in [0.2, 0.25) is 0 Å². The van der Waals surface area contributed by atoms with Gasteiger partial charge in [0.05, 0.1) is 12.8 Å². The van der Waals surface area contributed by atoms with E-state index in [1.807, 2.05) is 20.8 Å². The summed E-state index contributed by atoms with van der Waals surface area (Å²) in [7, 11) is 1.57. The maximum atomic E-state index is 12.2. The van der Waals surface area contributed by atoms with E-state index >= 15 is 0 Å². The quantitative estimate of drug-likeness (QED) is 0.888. The van der Waals surface area contributed by atoms with Gasteiger partial charge in [-0.05, 0) is 70.2 Å². The van der Waals surface area contributed by atoms with Crippen LogP contribution in [0.1, 0.15) is 52.0 Å². The Morgan fingerprint density at radius 1 is 1.30 bits per heavy atom. The molecule has 5 heteroatoms. The number of methoxy groups -OCH3 is 1. The number of anilines is 1. The molecule has 5 nitrogen and oxygen atoms in total. The Balaban J connectivity index is 2.62. The van der Waals surface area contributed by atoms with Crippen molar-refractivity contribution in [3.05, 3.63) is 23.8 Å². The fourth-order valence-corrected chi connectivity index (χ4v) is 3.10. The first-order chi connectivity index (χ1) is 10.7. The van der Waals surface area contributed by atoms with Gasteiger partial charge in [-0.15, -0.1) is 0 Å². The van der Waals surface area contributed by atoms with E-state index in [-0.39, 0.29) is 11.7 Å².